The normalized spacial score (nSPS) is 16.1. The quantitative estimate of drug-likeness (QED) is 0.741. The molecule has 0 spiro atoms. The summed E-state index contributed by atoms with van der Waals surface area (Å²) in [4.78, 5) is 0.237. The lowest BCUT2D eigenvalue weighted by Gasteiger charge is -2.29. The number of hydrogen-bond donors (Lipinski definition) is 1. The van der Waals surface area contributed by atoms with Gasteiger partial charge in [0.1, 0.15) is 0 Å². The second-order valence-electron chi connectivity index (χ2n) is 7.31. The van der Waals surface area contributed by atoms with Crippen LogP contribution in [0.15, 0.2) is 53.4 Å². The molecule has 142 valence electrons. The number of nitrogens with one attached hydrogen (secondary N) is 1. The molecule has 27 heavy (non-hydrogen) atoms. The Kier molecular flexibility index (Phi) is 6.21. The molecule has 0 atom stereocenters. The van der Waals surface area contributed by atoms with Crippen LogP contribution in [0.2, 0.25) is 5.02 Å². The average Bonchev–Trinajstić information content (AvgIpc) is 3.11. The molecule has 1 fully saturated rings. The highest BCUT2D eigenvalue weighted by molar-refractivity contribution is 7.89. The monoisotopic (exact) mass is 402 g/mol. The van der Waals surface area contributed by atoms with Gasteiger partial charge in [-0.2, -0.15) is 5.26 Å². The summed E-state index contributed by atoms with van der Waals surface area (Å²) in [7, 11) is -3.55. The first kappa shape index (κ1) is 19.9. The van der Waals surface area contributed by atoms with E-state index in [2.05, 4.69) is 22.9 Å². The van der Waals surface area contributed by atoms with Crippen molar-refractivity contribution in [3.63, 3.8) is 0 Å². The molecular formula is C21H23ClN2O2S. The van der Waals surface area contributed by atoms with Crippen LogP contribution in [-0.4, -0.2) is 15.0 Å². The van der Waals surface area contributed by atoms with Gasteiger partial charge in [-0.25, -0.2) is 13.1 Å². The van der Waals surface area contributed by atoms with E-state index < -0.39 is 10.0 Å². The van der Waals surface area contributed by atoms with Crippen molar-refractivity contribution in [1.82, 2.24) is 4.72 Å². The van der Waals surface area contributed by atoms with Crippen molar-refractivity contribution in [2.24, 2.45) is 5.41 Å². The molecule has 1 saturated carbocycles. The van der Waals surface area contributed by atoms with E-state index in [0.29, 0.717) is 18.0 Å². The SMILES string of the molecule is N#CCc1ccc(CC2(CNS(=O)(=O)c3ccc(Cl)cc3)CCCC2)cc1. The number of nitrogens with zero attached hydrogens (tertiary/aromatic N) is 1. The first-order valence-electron chi connectivity index (χ1n) is 9.13. The zero-order valence-corrected chi connectivity index (χ0v) is 16.7. The van der Waals surface area contributed by atoms with E-state index in [-0.39, 0.29) is 10.3 Å². The number of benzene rings is 2. The summed E-state index contributed by atoms with van der Waals surface area (Å²) in [6, 6.07) is 16.5. The summed E-state index contributed by atoms with van der Waals surface area (Å²) in [5.74, 6) is 0. The second-order valence-corrected chi connectivity index (χ2v) is 9.52. The fourth-order valence-corrected chi connectivity index (χ4v) is 5.07. The van der Waals surface area contributed by atoms with E-state index in [1.165, 1.54) is 17.7 Å². The highest BCUT2D eigenvalue weighted by atomic mass is 35.5. The van der Waals surface area contributed by atoms with Crippen molar-refractivity contribution in [3.8, 4) is 6.07 Å². The number of rotatable bonds is 7. The van der Waals surface area contributed by atoms with Crippen LogP contribution in [0.1, 0.15) is 36.8 Å². The Labute approximate surface area is 166 Å². The van der Waals surface area contributed by atoms with Crippen LogP contribution < -0.4 is 4.72 Å². The molecule has 0 heterocycles. The zero-order chi connectivity index (χ0) is 19.3. The van der Waals surface area contributed by atoms with Crippen LogP contribution in [0.5, 0.6) is 0 Å². The summed E-state index contributed by atoms with van der Waals surface area (Å²) in [6.07, 6.45) is 5.51. The molecule has 6 heteroatoms. The number of sulfonamides is 1. The van der Waals surface area contributed by atoms with Gasteiger partial charge in [-0.3, -0.25) is 0 Å². The largest absolute Gasteiger partial charge is 0.240 e. The molecule has 3 rings (SSSR count). The number of hydrogen-bond acceptors (Lipinski definition) is 3. The molecule has 1 aliphatic rings. The maximum Gasteiger partial charge on any atom is 0.240 e. The average molecular weight is 403 g/mol. The highest BCUT2D eigenvalue weighted by Gasteiger charge is 2.35. The molecule has 1 aliphatic carbocycles. The molecule has 2 aromatic rings. The highest BCUT2D eigenvalue weighted by Crippen LogP contribution is 2.40. The molecular weight excluding hydrogens is 380 g/mol. The lowest BCUT2D eigenvalue weighted by molar-refractivity contribution is 0.295. The van der Waals surface area contributed by atoms with Gasteiger partial charge in [0, 0.05) is 11.6 Å². The smallest absolute Gasteiger partial charge is 0.211 e. The minimum absolute atomic E-state index is 0.0593. The molecule has 0 bridgehead atoms. The van der Waals surface area contributed by atoms with Gasteiger partial charge in [-0.05, 0) is 60.1 Å². The van der Waals surface area contributed by atoms with Crippen LogP contribution in [-0.2, 0) is 22.9 Å². The van der Waals surface area contributed by atoms with Gasteiger partial charge in [-0.1, -0.05) is 48.7 Å². The van der Waals surface area contributed by atoms with Crippen LogP contribution in [0.25, 0.3) is 0 Å². The zero-order valence-electron chi connectivity index (χ0n) is 15.1. The predicted octanol–water partition coefficient (Wildman–Crippen LogP) is 4.49. The van der Waals surface area contributed by atoms with Gasteiger partial charge in [0.15, 0.2) is 0 Å². The Hall–Kier alpha value is -1.87. The minimum atomic E-state index is -3.55. The summed E-state index contributed by atoms with van der Waals surface area (Å²) in [5.41, 5.74) is 2.13. The van der Waals surface area contributed by atoms with Crippen molar-refractivity contribution in [2.75, 3.05) is 6.54 Å². The van der Waals surface area contributed by atoms with Gasteiger partial charge in [0.2, 0.25) is 10.0 Å². The van der Waals surface area contributed by atoms with E-state index >= 15 is 0 Å². The Morgan fingerprint density at radius 3 is 2.19 bits per heavy atom. The maximum atomic E-state index is 12.6. The summed E-state index contributed by atoms with van der Waals surface area (Å²) < 4.78 is 28.1. The van der Waals surface area contributed by atoms with E-state index in [9.17, 15) is 8.42 Å². The Balaban J connectivity index is 1.71. The van der Waals surface area contributed by atoms with Gasteiger partial charge in [0.05, 0.1) is 17.4 Å². The first-order chi connectivity index (χ1) is 12.9. The molecule has 0 saturated heterocycles. The molecule has 0 unspecified atom stereocenters. The fourth-order valence-electron chi connectivity index (χ4n) is 3.79. The molecule has 2 aromatic carbocycles. The molecule has 0 amide bonds. The van der Waals surface area contributed by atoms with Crippen LogP contribution in [0.3, 0.4) is 0 Å². The standard InChI is InChI=1S/C21H23ClN2O2S/c22-19-7-9-20(10-8-19)27(25,26)24-16-21(12-1-2-13-21)15-18-5-3-17(4-6-18)11-14-23/h3-10,24H,1-2,11-13,15-16H2. The Morgan fingerprint density at radius 2 is 1.59 bits per heavy atom. The van der Waals surface area contributed by atoms with Crippen molar-refractivity contribution in [3.05, 3.63) is 64.7 Å². The van der Waals surface area contributed by atoms with Crippen molar-refractivity contribution in [1.29, 1.82) is 5.26 Å². The topological polar surface area (TPSA) is 70.0 Å². The number of nitriles is 1. The maximum absolute atomic E-state index is 12.6. The van der Waals surface area contributed by atoms with Crippen molar-refractivity contribution >= 4 is 21.6 Å². The molecule has 1 N–H and O–H groups in total. The Morgan fingerprint density at radius 1 is 1.00 bits per heavy atom. The molecule has 4 nitrogen and oxygen atoms in total. The third kappa shape index (κ3) is 5.10. The minimum Gasteiger partial charge on any atom is -0.211 e. The summed E-state index contributed by atoms with van der Waals surface area (Å²) >= 11 is 5.85. The summed E-state index contributed by atoms with van der Waals surface area (Å²) in [6.45, 7) is 0.428. The van der Waals surface area contributed by atoms with Gasteiger partial charge < -0.3 is 0 Å². The lowest BCUT2D eigenvalue weighted by atomic mass is 9.80. The van der Waals surface area contributed by atoms with Crippen LogP contribution in [0, 0.1) is 16.7 Å². The van der Waals surface area contributed by atoms with Gasteiger partial charge in [0.25, 0.3) is 0 Å². The summed E-state index contributed by atoms with van der Waals surface area (Å²) in [5, 5.41) is 9.31. The predicted molar refractivity (Wildman–Crippen MR) is 107 cm³/mol. The van der Waals surface area contributed by atoms with E-state index in [4.69, 9.17) is 16.9 Å². The molecule has 0 aliphatic heterocycles. The third-order valence-corrected chi connectivity index (χ3v) is 6.98. The van der Waals surface area contributed by atoms with Crippen molar-refractivity contribution < 1.29 is 8.42 Å². The van der Waals surface area contributed by atoms with E-state index in [0.717, 1.165) is 37.7 Å². The second kappa shape index (κ2) is 8.43. The van der Waals surface area contributed by atoms with Gasteiger partial charge in [-0.15, -0.1) is 0 Å². The Bertz CT molecular complexity index is 910. The number of halogens is 1. The van der Waals surface area contributed by atoms with Crippen LogP contribution >= 0.6 is 11.6 Å². The molecule has 0 aromatic heterocycles. The third-order valence-electron chi connectivity index (χ3n) is 5.31. The fraction of sp³-hybridized carbons (Fsp3) is 0.381. The van der Waals surface area contributed by atoms with Gasteiger partial charge >= 0.3 is 0 Å². The van der Waals surface area contributed by atoms with Crippen LogP contribution in [0.4, 0.5) is 0 Å². The first-order valence-corrected chi connectivity index (χ1v) is 11.0. The van der Waals surface area contributed by atoms with E-state index in [1.54, 1.807) is 12.1 Å². The van der Waals surface area contributed by atoms with E-state index in [1.807, 2.05) is 12.1 Å². The molecule has 0 radical (unpaired) electrons. The van der Waals surface area contributed by atoms with Crippen molar-refractivity contribution in [2.45, 2.75) is 43.4 Å². The lowest BCUT2D eigenvalue weighted by Crippen LogP contribution is -2.37.